The van der Waals surface area contributed by atoms with Crippen molar-refractivity contribution in [2.24, 2.45) is 5.92 Å². The Kier molecular flexibility index (Phi) is 11.6. The molecular weight excluding hydrogens is 444 g/mol. The maximum absolute atomic E-state index is 12.0. The van der Waals surface area contributed by atoms with Gasteiger partial charge < -0.3 is 4.74 Å². The number of hydrogen-bond acceptors (Lipinski definition) is 4. The van der Waals surface area contributed by atoms with E-state index in [1.165, 1.54) is 50.5 Å². The van der Waals surface area contributed by atoms with E-state index in [1.807, 2.05) is 36.7 Å². The maximum atomic E-state index is 12.0. The number of ether oxygens (including phenoxy) is 1. The Morgan fingerprint density at radius 3 is 2.03 bits per heavy atom. The molecule has 3 aromatic rings. The first-order chi connectivity index (χ1) is 17.6. The predicted molar refractivity (Wildman–Crippen MR) is 149 cm³/mol. The van der Waals surface area contributed by atoms with Crippen LogP contribution < -0.4 is 4.74 Å². The molecule has 1 aromatic heterocycles. The van der Waals surface area contributed by atoms with Crippen LogP contribution in [0.5, 0.6) is 5.75 Å². The van der Waals surface area contributed by atoms with Gasteiger partial charge >= 0.3 is 5.97 Å². The average Bonchev–Trinajstić information content (AvgIpc) is 2.92. The maximum Gasteiger partial charge on any atom is 0.311 e. The summed E-state index contributed by atoms with van der Waals surface area (Å²) in [7, 11) is 0. The Balaban J connectivity index is 1.48. The second kappa shape index (κ2) is 15.2. The highest BCUT2D eigenvalue weighted by Gasteiger charge is 2.09. The van der Waals surface area contributed by atoms with E-state index in [4.69, 9.17) is 4.74 Å². The SMILES string of the molecule is CCCCCCCCCc1ccc(-c2ncc(-c3ccc(OC(=O)CCC(C)CC)cc3)cn2)cc1. The van der Waals surface area contributed by atoms with Crippen LogP contribution in [0.1, 0.15) is 90.5 Å². The van der Waals surface area contributed by atoms with Gasteiger partial charge in [-0.3, -0.25) is 4.79 Å². The fourth-order valence-corrected chi connectivity index (χ4v) is 4.20. The molecule has 3 rings (SSSR count). The van der Waals surface area contributed by atoms with Gasteiger partial charge in [-0.2, -0.15) is 0 Å². The summed E-state index contributed by atoms with van der Waals surface area (Å²) >= 11 is 0. The molecule has 192 valence electrons. The van der Waals surface area contributed by atoms with Gasteiger partial charge in [0.05, 0.1) is 0 Å². The van der Waals surface area contributed by atoms with Crippen LogP contribution in [0.4, 0.5) is 0 Å². The number of aromatic nitrogens is 2. The van der Waals surface area contributed by atoms with E-state index in [2.05, 4.69) is 55.0 Å². The standard InChI is InChI=1S/C32H42N2O2/c1-4-6-7-8-9-10-11-12-26-14-16-28(17-15-26)32-33-23-29(24-34-32)27-18-20-30(21-19-27)36-31(35)22-13-25(3)5-2/h14-21,23-25H,4-13,22H2,1-3H3. The van der Waals surface area contributed by atoms with Gasteiger partial charge in [0.1, 0.15) is 5.75 Å². The van der Waals surface area contributed by atoms with Crippen LogP contribution in [0.15, 0.2) is 60.9 Å². The molecule has 0 bridgehead atoms. The topological polar surface area (TPSA) is 52.1 Å². The minimum atomic E-state index is -0.177. The van der Waals surface area contributed by atoms with Gasteiger partial charge in [0, 0.05) is 29.9 Å². The van der Waals surface area contributed by atoms with Crippen LogP contribution in [-0.4, -0.2) is 15.9 Å². The first-order valence-corrected chi connectivity index (χ1v) is 13.8. The van der Waals surface area contributed by atoms with Gasteiger partial charge in [0.2, 0.25) is 0 Å². The van der Waals surface area contributed by atoms with Crippen LogP contribution in [0.25, 0.3) is 22.5 Å². The molecule has 0 saturated carbocycles. The van der Waals surface area contributed by atoms with Crippen LogP contribution in [0, 0.1) is 5.92 Å². The summed E-state index contributed by atoms with van der Waals surface area (Å²) < 4.78 is 5.47. The number of hydrogen-bond donors (Lipinski definition) is 0. The van der Waals surface area contributed by atoms with Crippen molar-refractivity contribution in [2.75, 3.05) is 0 Å². The third-order valence-corrected chi connectivity index (χ3v) is 6.89. The second-order valence-electron chi connectivity index (χ2n) is 9.91. The zero-order chi connectivity index (χ0) is 25.6. The Labute approximate surface area is 217 Å². The van der Waals surface area contributed by atoms with E-state index in [1.54, 1.807) is 0 Å². The average molecular weight is 487 g/mol. The minimum Gasteiger partial charge on any atom is -0.427 e. The Bertz CT molecular complexity index is 1030. The summed E-state index contributed by atoms with van der Waals surface area (Å²) in [6.07, 6.45) is 16.6. The third-order valence-electron chi connectivity index (χ3n) is 6.89. The van der Waals surface area contributed by atoms with E-state index in [-0.39, 0.29) is 5.97 Å². The molecule has 0 spiro atoms. The van der Waals surface area contributed by atoms with E-state index in [0.29, 0.717) is 18.1 Å². The molecule has 0 aliphatic heterocycles. The molecule has 2 aromatic carbocycles. The van der Waals surface area contributed by atoms with Crippen molar-refractivity contribution >= 4 is 5.97 Å². The highest BCUT2D eigenvalue weighted by atomic mass is 16.5. The Hall–Kier alpha value is -3.01. The van der Waals surface area contributed by atoms with Crippen molar-refractivity contribution in [3.8, 4) is 28.3 Å². The number of carbonyl (C=O) groups excluding carboxylic acids is 1. The molecule has 0 aliphatic carbocycles. The van der Waals surface area contributed by atoms with Gasteiger partial charge in [-0.15, -0.1) is 0 Å². The van der Waals surface area contributed by atoms with E-state index in [0.717, 1.165) is 41.8 Å². The molecular formula is C32H42N2O2. The number of nitrogens with zero attached hydrogens (tertiary/aromatic N) is 2. The molecule has 0 N–H and O–H groups in total. The van der Waals surface area contributed by atoms with Gasteiger partial charge in [0.15, 0.2) is 5.82 Å². The summed E-state index contributed by atoms with van der Waals surface area (Å²) in [6, 6.07) is 16.2. The van der Waals surface area contributed by atoms with Crippen LogP contribution in [0.3, 0.4) is 0 Å². The van der Waals surface area contributed by atoms with Crippen molar-refractivity contribution in [3.05, 3.63) is 66.5 Å². The van der Waals surface area contributed by atoms with Crippen LogP contribution in [0.2, 0.25) is 0 Å². The highest BCUT2D eigenvalue weighted by Crippen LogP contribution is 2.24. The fraction of sp³-hybridized carbons (Fsp3) is 0.469. The molecule has 1 unspecified atom stereocenters. The van der Waals surface area contributed by atoms with Crippen molar-refractivity contribution in [1.29, 1.82) is 0 Å². The largest absolute Gasteiger partial charge is 0.427 e. The number of esters is 1. The molecule has 0 fully saturated rings. The van der Waals surface area contributed by atoms with Crippen molar-refractivity contribution in [3.63, 3.8) is 0 Å². The van der Waals surface area contributed by atoms with E-state index in [9.17, 15) is 4.79 Å². The fourth-order valence-electron chi connectivity index (χ4n) is 4.20. The summed E-state index contributed by atoms with van der Waals surface area (Å²) in [5.74, 6) is 1.66. The molecule has 0 amide bonds. The first kappa shape index (κ1) is 27.6. The number of carbonyl (C=O) groups is 1. The summed E-state index contributed by atoms with van der Waals surface area (Å²) in [5, 5.41) is 0. The Morgan fingerprint density at radius 1 is 0.778 bits per heavy atom. The van der Waals surface area contributed by atoms with Crippen LogP contribution in [-0.2, 0) is 11.2 Å². The molecule has 0 saturated heterocycles. The molecule has 4 heteroatoms. The predicted octanol–water partition coefficient (Wildman–Crippen LogP) is 8.84. The molecule has 1 atom stereocenters. The number of aryl methyl sites for hydroxylation is 1. The lowest BCUT2D eigenvalue weighted by atomic mass is 10.0. The molecule has 36 heavy (non-hydrogen) atoms. The highest BCUT2D eigenvalue weighted by molar-refractivity contribution is 5.73. The van der Waals surface area contributed by atoms with Gasteiger partial charge in [-0.1, -0.05) is 102 Å². The smallest absolute Gasteiger partial charge is 0.311 e. The molecule has 0 radical (unpaired) electrons. The van der Waals surface area contributed by atoms with Gasteiger partial charge in [-0.25, -0.2) is 9.97 Å². The Morgan fingerprint density at radius 2 is 1.39 bits per heavy atom. The third kappa shape index (κ3) is 9.22. The summed E-state index contributed by atoms with van der Waals surface area (Å²) in [4.78, 5) is 21.2. The number of rotatable bonds is 15. The van der Waals surface area contributed by atoms with Gasteiger partial charge in [-0.05, 0) is 48.4 Å². The van der Waals surface area contributed by atoms with Crippen molar-refractivity contribution in [2.45, 2.75) is 91.4 Å². The minimum absolute atomic E-state index is 0.177. The van der Waals surface area contributed by atoms with Crippen LogP contribution >= 0.6 is 0 Å². The quantitative estimate of drug-likeness (QED) is 0.122. The second-order valence-corrected chi connectivity index (χ2v) is 9.91. The zero-order valence-corrected chi connectivity index (χ0v) is 22.3. The first-order valence-electron chi connectivity index (χ1n) is 13.8. The van der Waals surface area contributed by atoms with E-state index >= 15 is 0 Å². The molecule has 4 nitrogen and oxygen atoms in total. The number of benzene rings is 2. The lowest BCUT2D eigenvalue weighted by Crippen LogP contribution is -2.09. The zero-order valence-electron chi connectivity index (χ0n) is 22.3. The van der Waals surface area contributed by atoms with E-state index < -0.39 is 0 Å². The van der Waals surface area contributed by atoms with Crippen molar-refractivity contribution in [1.82, 2.24) is 9.97 Å². The lowest BCUT2D eigenvalue weighted by Gasteiger charge is -2.09. The molecule has 1 heterocycles. The normalized spacial score (nSPS) is 11.9. The monoisotopic (exact) mass is 486 g/mol. The number of unbranched alkanes of at least 4 members (excludes halogenated alkanes) is 6. The lowest BCUT2D eigenvalue weighted by molar-refractivity contribution is -0.134. The summed E-state index contributed by atoms with van der Waals surface area (Å²) in [6.45, 7) is 6.56. The van der Waals surface area contributed by atoms with Crippen molar-refractivity contribution < 1.29 is 9.53 Å². The van der Waals surface area contributed by atoms with Gasteiger partial charge in [0.25, 0.3) is 0 Å². The summed E-state index contributed by atoms with van der Waals surface area (Å²) in [5.41, 5.74) is 4.34. The molecule has 0 aliphatic rings.